The maximum atomic E-state index is 10.3. The number of hydrogen-bond donors (Lipinski definition) is 1. The van der Waals surface area contributed by atoms with Crippen LogP contribution < -0.4 is 4.74 Å². The zero-order valence-corrected chi connectivity index (χ0v) is 11.5. The number of rotatable bonds is 5. The lowest BCUT2D eigenvalue weighted by Crippen LogP contribution is -2.20. The molecule has 2 aliphatic carbocycles. The Balaban J connectivity index is 1.54. The van der Waals surface area contributed by atoms with E-state index in [0.29, 0.717) is 12.3 Å². The van der Waals surface area contributed by atoms with Gasteiger partial charge in [-0.1, -0.05) is 6.42 Å². The molecule has 2 saturated carbocycles. The number of aromatic nitrogens is 2. The lowest BCUT2D eigenvalue weighted by atomic mass is 9.84. The Labute approximate surface area is 114 Å². The maximum absolute atomic E-state index is 10.3. The van der Waals surface area contributed by atoms with Crippen LogP contribution in [0.15, 0.2) is 12.4 Å². The van der Waals surface area contributed by atoms with Gasteiger partial charge in [-0.2, -0.15) is 0 Å². The molecule has 1 N–H and O–H groups in total. The minimum atomic E-state index is -0.288. The standard InChI is InChI=1S/C15H22N2O2/c1-19-15-8-13(16-9-17-15)7-14(18)6-12-5-10-2-3-11(12)4-10/h8-12,14,18H,2-7H2,1H3. The van der Waals surface area contributed by atoms with E-state index in [1.807, 2.05) is 6.07 Å². The Morgan fingerprint density at radius 2 is 2.26 bits per heavy atom. The summed E-state index contributed by atoms with van der Waals surface area (Å²) < 4.78 is 5.08. The van der Waals surface area contributed by atoms with Crippen LogP contribution in [-0.4, -0.2) is 28.3 Å². The highest BCUT2D eigenvalue weighted by Crippen LogP contribution is 2.49. The van der Waals surface area contributed by atoms with Crippen LogP contribution in [-0.2, 0) is 6.42 Å². The van der Waals surface area contributed by atoms with Crippen LogP contribution in [0.3, 0.4) is 0 Å². The molecule has 1 heterocycles. The Morgan fingerprint density at radius 1 is 1.37 bits per heavy atom. The number of aliphatic hydroxyl groups excluding tert-OH is 1. The van der Waals surface area contributed by atoms with Gasteiger partial charge in [0.25, 0.3) is 0 Å². The summed E-state index contributed by atoms with van der Waals surface area (Å²) in [4.78, 5) is 8.18. The molecule has 1 aromatic heterocycles. The SMILES string of the molecule is COc1cc(CC(O)CC2CC3CCC2C3)ncn1. The van der Waals surface area contributed by atoms with Crippen LogP contribution in [0.2, 0.25) is 0 Å². The number of hydrogen-bond acceptors (Lipinski definition) is 4. The van der Waals surface area contributed by atoms with Gasteiger partial charge in [0.05, 0.1) is 18.9 Å². The van der Waals surface area contributed by atoms with Gasteiger partial charge in [-0.3, -0.25) is 0 Å². The van der Waals surface area contributed by atoms with E-state index < -0.39 is 0 Å². The number of fused-ring (bicyclic) bond motifs is 2. The highest BCUT2D eigenvalue weighted by molar-refractivity contribution is 5.14. The summed E-state index contributed by atoms with van der Waals surface area (Å²) in [5, 5.41) is 10.3. The van der Waals surface area contributed by atoms with E-state index in [2.05, 4.69) is 9.97 Å². The minimum Gasteiger partial charge on any atom is -0.481 e. The van der Waals surface area contributed by atoms with Crippen molar-refractivity contribution in [2.75, 3.05) is 7.11 Å². The predicted molar refractivity (Wildman–Crippen MR) is 71.8 cm³/mol. The molecule has 0 amide bonds. The molecule has 0 aliphatic heterocycles. The number of aliphatic hydroxyl groups is 1. The first-order valence-electron chi connectivity index (χ1n) is 7.27. The molecular formula is C15H22N2O2. The molecule has 1 aromatic rings. The second-order valence-corrected chi connectivity index (χ2v) is 6.08. The molecule has 0 radical (unpaired) electrons. The van der Waals surface area contributed by atoms with E-state index in [1.165, 1.54) is 32.0 Å². The van der Waals surface area contributed by atoms with Gasteiger partial charge in [-0.05, 0) is 43.4 Å². The molecular weight excluding hydrogens is 240 g/mol. The molecule has 0 aromatic carbocycles. The second kappa shape index (κ2) is 5.45. The quantitative estimate of drug-likeness (QED) is 0.884. The smallest absolute Gasteiger partial charge is 0.216 e. The van der Waals surface area contributed by atoms with Crippen LogP contribution in [0, 0.1) is 17.8 Å². The van der Waals surface area contributed by atoms with Crippen molar-refractivity contribution < 1.29 is 9.84 Å². The third-order valence-corrected chi connectivity index (χ3v) is 4.81. The van der Waals surface area contributed by atoms with Crippen molar-refractivity contribution in [2.24, 2.45) is 17.8 Å². The maximum Gasteiger partial charge on any atom is 0.216 e. The van der Waals surface area contributed by atoms with Crippen molar-refractivity contribution in [3.63, 3.8) is 0 Å². The van der Waals surface area contributed by atoms with Gasteiger partial charge in [0, 0.05) is 12.5 Å². The number of ether oxygens (including phenoxy) is 1. The predicted octanol–water partition coefficient (Wildman–Crippen LogP) is 2.21. The summed E-state index contributed by atoms with van der Waals surface area (Å²) in [5.74, 6) is 3.12. The van der Waals surface area contributed by atoms with E-state index in [1.54, 1.807) is 7.11 Å². The number of nitrogens with zero attached hydrogens (tertiary/aromatic N) is 2. The van der Waals surface area contributed by atoms with E-state index in [-0.39, 0.29) is 6.10 Å². The van der Waals surface area contributed by atoms with E-state index >= 15 is 0 Å². The van der Waals surface area contributed by atoms with Crippen molar-refractivity contribution in [1.29, 1.82) is 0 Å². The molecule has 2 bridgehead atoms. The first-order valence-corrected chi connectivity index (χ1v) is 7.27. The lowest BCUT2D eigenvalue weighted by molar-refractivity contribution is 0.123. The van der Waals surface area contributed by atoms with Crippen molar-refractivity contribution in [2.45, 2.75) is 44.6 Å². The van der Waals surface area contributed by atoms with Gasteiger partial charge in [0.15, 0.2) is 0 Å². The zero-order chi connectivity index (χ0) is 13.2. The fourth-order valence-corrected chi connectivity index (χ4v) is 3.94. The second-order valence-electron chi connectivity index (χ2n) is 6.08. The monoisotopic (exact) mass is 262 g/mol. The van der Waals surface area contributed by atoms with Gasteiger partial charge in [0.1, 0.15) is 6.33 Å². The zero-order valence-electron chi connectivity index (χ0n) is 11.5. The fourth-order valence-electron chi connectivity index (χ4n) is 3.94. The average molecular weight is 262 g/mol. The minimum absolute atomic E-state index is 0.288. The first kappa shape index (κ1) is 12.9. The Kier molecular flexibility index (Phi) is 3.69. The highest BCUT2D eigenvalue weighted by Gasteiger charge is 2.39. The largest absolute Gasteiger partial charge is 0.481 e. The summed E-state index contributed by atoms with van der Waals surface area (Å²) in [7, 11) is 1.60. The van der Waals surface area contributed by atoms with Crippen LogP contribution in [0.4, 0.5) is 0 Å². The summed E-state index contributed by atoms with van der Waals surface area (Å²) >= 11 is 0. The Bertz CT molecular complexity index is 438. The fraction of sp³-hybridized carbons (Fsp3) is 0.733. The van der Waals surface area contributed by atoms with Crippen molar-refractivity contribution in [3.8, 4) is 5.88 Å². The average Bonchev–Trinajstić information content (AvgIpc) is 3.01. The molecule has 19 heavy (non-hydrogen) atoms. The van der Waals surface area contributed by atoms with Gasteiger partial charge < -0.3 is 9.84 Å². The topological polar surface area (TPSA) is 55.2 Å². The van der Waals surface area contributed by atoms with E-state index in [4.69, 9.17) is 4.74 Å². The van der Waals surface area contributed by atoms with E-state index in [0.717, 1.165) is 29.9 Å². The van der Waals surface area contributed by atoms with Crippen molar-refractivity contribution >= 4 is 0 Å². The van der Waals surface area contributed by atoms with Gasteiger partial charge in [-0.15, -0.1) is 0 Å². The van der Waals surface area contributed by atoms with Crippen LogP contribution in [0.1, 0.15) is 37.8 Å². The van der Waals surface area contributed by atoms with Crippen LogP contribution in [0.5, 0.6) is 5.88 Å². The van der Waals surface area contributed by atoms with Crippen LogP contribution >= 0.6 is 0 Å². The molecule has 3 rings (SSSR count). The molecule has 4 atom stereocenters. The molecule has 2 fully saturated rings. The van der Waals surface area contributed by atoms with Gasteiger partial charge in [0.2, 0.25) is 5.88 Å². The number of methoxy groups -OCH3 is 1. The molecule has 0 spiro atoms. The summed E-state index contributed by atoms with van der Waals surface area (Å²) in [6.45, 7) is 0. The van der Waals surface area contributed by atoms with Gasteiger partial charge >= 0.3 is 0 Å². The molecule has 104 valence electrons. The molecule has 4 heteroatoms. The molecule has 4 unspecified atom stereocenters. The lowest BCUT2D eigenvalue weighted by Gasteiger charge is -2.24. The van der Waals surface area contributed by atoms with Gasteiger partial charge in [-0.25, -0.2) is 9.97 Å². The third kappa shape index (κ3) is 2.89. The Morgan fingerprint density at radius 3 is 2.95 bits per heavy atom. The Hall–Kier alpha value is -1.16. The highest BCUT2D eigenvalue weighted by atomic mass is 16.5. The molecule has 2 aliphatic rings. The third-order valence-electron chi connectivity index (χ3n) is 4.81. The summed E-state index contributed by atoms with van der Waals surface area (Å²) in [5.41, 5.74) is 0.863. The normalized spacial score (nSPS) is 30.5. The van der Waals surface area contributed by atoms with E-state index in [9.17, 15) is 5.11 Å². The molecule has 4 nitrogen and oxygen atoms in total. The van der Waals surface area contributed by atoms with Crippen molar-refractivity contribution in [3.05, 3.63) is 18.1 Å². The van der Waals surface area contributed by atoms with Crippen LogP contribution in [0.25, 0.3) is 0 Å². The van der Waals surface area contributed by atoms with Crippen molar-refractivity contribution in [1.82, 2.24) is 9.97 Å². The molecule has 0 saturated heterocycles. The summed E-state index contributed by atoms with van der Waals surface area (Å²) in [6, 6.07) is 1.81. The summed E-state index contributed by atoms with van der Waals surface area (Å²) in [6.07, 6.45) is 8.26. The first-order chi connectivity index (χ1) is 9.24.